The molecule has 0 unspecified atom stereocenters. The van der Waals surface area contributed by atoms with E-state index in [9.17, 15) is 9.18 Å². The highest BCUT2D eigenvalue weighted by molar-refractivity contribution is 6.99. The van der Waals surface area contributed by atoms with Crippen LogP contribution in [0.3, 0.4) is 0 Å². The average molecular weight is 360 g/mol. The summed E-state index contributed by atoms with van der Waals surface area (Å²) in [5.41, 5.74) is 3.13. The molecule has 0 aliphatic rings. The van der Waals surface area contributed by atoms with Crippen LogP contribution >= 0.6 is 11.7 Å². The summed E-state index contributed by atoms with van der Waals surface area (Å²) in [4.78, 5) is 12.3. The molecule has 130 valence electrons. The van der Waals surface area contributed by atoms with Gasteiger partial charge in [0.25, 0.3) is 5.91 Å². The summed E-state index contributed by atoms with van der Waals surface area (Å²) in [5, 5.41) is 10.7. The van der Waals surface area contributed by atoms with Gasteiger partial charge in [-0.3, -0.25) is 4.79 Å². The van der Waals surface area contributed by atoms with Crippen molar-refractivity contribution in [3.63, 3.8) is 0 Å². The molecule has 0 saturated carbocycles. The number of nitrogens with zero attached hydrogens (tertiary/aromatic N) is 5. The van der Waals surface area contributed by atoms with Crippen LogP contribution in [0.5, 0.6) is 0 Å². The standard InChI is InChI=1S/C16H17FN6OS/c1-10-14(21-25-20-10)9-23-11(2)15(19-22-23)16(24)18-8-7-12-5-3-4-6-13(12)17/h3-6H,7-9H2,1-2H3,(H,18,24). The van der Waals surface area contributed by atoms with Gasteiger partial charge in [-0.05, 0) is 31.9 Å². The lowest BCUT2D eigenvalue weighted by molar-refractivity contribution is 0.0948. The number of carbonyl (C=O) groups is 1. The number of carbonyl (C=O) groups excluding carboxylic acids is 1. The van der Waals surface area contributed by atoms with Crippen LogP contribution in [-0.2, 0) is 13.0 Å². The van der Waals surface area contributed by atoms with Crippen molar-refractivity contribution < 1.29 is 9.18 Å². The van der Waals surface area contributed by atoms with Gasteiger partial charge in [0.2, 0.25) is 0 Å². The topological polar surface area (TPSA) is 85.6 Å². The van der Waals surface area contributed by atoms with Crippen molar-refractivity contribution in [2.45, 2.75) is 26.8 Å². The molecule has 2 heterocycles. The Morgan fingerprint density at radius 1 is 1.28 bits per heavy atom. The SMILES string of the molecule is Cc1nsnc1Cn1nnc(C(=O)NCCc2ccccc2F)c1C. The number of hydrogen-bond donors (Lipinski definition) is 1. The summed E-state index contributed by atoms with van der Waals surface area (Å²) in [5.74, 6) is -0.598. The number of halogens is 1. The molecular formula is C16H17FN6OS. The quantitative estimate of drug-likeness (QED) is 0.726. The number of nitrogens with one attached hydrogen (secondary N) is 1. The molecular weight excluding hydrogens is 343 g/mol. The molecule has 25 heavy (non-hydrogen) atoms. The van der Waals surface area contributed by atoms with Crippen LogP contribution in [0.25, 0.3) is 0 Å². The molecule has 1 amide bonds. The summed E-state index contributed by atoms with van der Waals surface area (Å²) in [6.45, 7) is 4.40. The van der Waals surface area contributed by atoms with E-state index in [1.54, 1.807) is 29.8 Å². The van der Waals surface area contributed by atoms with Gasteiger partial charge in [-0.15, -0.1) is 5.10 Å². The van der Waals surface area contributed by atoms with E-state index in [1.165, 1.54) is 6.07 Å². The molecule has 9 heteroatoms. The summed E-state index contributed by atoms with van der Waals surface area (Å²) in [7, 11) is 0. The minimum atomic E-state index is -0.326. The number of aromatic nitrogens is 5. The Balaban J connectivity index is 1.61. The van der Waals surface area contributed by atoms with Crippen molar-refractivity contribution in [1.82, 2.24) is 29.1 Å². The van der Waals surface area contributed by atoms with E-state index in [0.717, 1.165) is 23.1 Å². The van der Waals surface area contributed by atoms with Crippen LogP contribution in [0, 0.1) is 19.7 Å². The van der Waals surface area contributed by atoms with E-state index in [1.807, 2.05) is 6.92 Å². The van der Waals surface area contributed by atoms with Gasteiger partial charge < -0.3 is 5.32 Å². The zero-order chi connectivity index (χ0) is 17.8. The molecule has 2 aromatic heterocycles. The van der Waals surface area contributed by atoms with Gasteiger partial charge in [0.15, 0.2) is 5.69 Å². The predicted molar refractivity (Wildman–Crippen MR) is 90.9 cm³/mol. The summed E-state index contributed by atoms with van der Waals surface area (Å²) >= 11 is 1.14. The van der Waals surface area contributed by atoms with Crippen LogP contribution in [-0.4, -0.2) is 36.2 Å². The number of rotatable bonds is 6. The first kappa shape index (κ1) is 17.2. The maximum atomic E-state index is 13.6. The zero-order valence-corrected chi connectivity index (χ0v) is 14.7. The number of aryl methyl sites for hydroxylation is 1. The molecule has 7 nitrogen and oxygen atoms in total. The molecule has 0 atom stereocenters. The summed E-state index contributed by atoms with van der Waals surface area (Å²) < 4.78 is 23.5. The Kier molecular flexibility index (Phi) is 5.13. The Morgan fingerprint density at radius 3 is 2.80 bits per heavy atom. The lowest BCUT2D eigenvalue weighted by atomic mass is 10.1. The van der Waals surface area contributed by atoms with E-state index in [-0.39, 0.29) is 17.4 Å². The van der Waals surface area contributed by atoms with E-state index < -0.39 is 0 Å². The van der Waals surface area contributed by atoms with Crippen molar-refractivity contribution in [3.8, 4) is 0 Å². The third-order valence-corrected chi connectivity index (χ3v) is 4.54. The van der Waals surface area contributed by atoms with Gasteiger partial charge >= 0.3 is 0 Å². The summed E-state index contributed by atoms with van der Waals surface area (Å²) in [6, 6.07) is 6.51. The van der Waals surface area contributed by atoms with Crippen molar-refractivity contribution in [2.75, 3.05) is 6.54 Å². The molecule has 3 aromatic rings. The zero-order valence-electron chi connectivity index (χ0n) is 13.9. The average Bonchev–Trinajstić information content (AvgIpc) is 3.16. The predicted octanol–water partition coefficient (Wildman–Crippen LogP) is 1.91. The largest absolute Gasteiger partial charge is 0.350 e. The number of benzene rings is 1. The summed E-state index contributed by atoms with van der Waals surface area (Å²) in [6.07, 6.45) is 0.412. The van der Waals surface area contributed by atoms with Crippen molar-refractivity contribution in [3.05, 3.63) is 58.4 Å². The van der Waals surface area contributed by atoms with Crippen LogP contribution in [0.4, 0.5) is 4.39 Å². The van der Waals surface area contributed by atoms with Crippen molar-refractivity contribution >= 4 is 17.6 Å². The number of amides is 1. The molecule has 3 rings (SSSR count). The van der Waals surface area contributed by atoms with E-state index in [2.05, 4.69) is 24.4 Å². The first-order valence-electron chi connectivity index (χ1n) is 7.76. The monoisotopic (exact) mass is 360 g/mol. The van der Waals surface area contributed by atoms with E-state index in [0.29, 0.717) is 30.8 Å². The van der Waals surface area contributed by atoms with Gasteiger partial charge in [0.05, 0.1) is 35.4 Å². The highest BCUT2D eigenvalue weighted by Crippen LogP contribution is 2.10. The Bertz CT molecular complexity index is 890. The smallest absolute Gasteiger partial charge is 0.273 e. The maximum Gasteiger partial charge on any atom is 0.273 e. The van der Waals surface area contributed by atoms with Gasteiger partial charge in [0, 0.05) is 6.54 Å². The van der Waals surface area contributed by atoms with Crippen molar-refractivity contribution in [1.29, 1.82) is 0 Å². The normalized spacial score (nSPS) is 10.8. The lowest BCUT2D eigenvalue weighted by Crippen LogP contribution is -2.27. The fraction of sp³-hybridized carbons (Fsp3) is 0.312. The molecule has 1 aromatic carbocycles. The van der Waals surface area contributed by atoms with Gasteiger partial charge in [-0.2, -0.15) is 8.75 Å². The molecule has 0 spiro atoms. The van der Waals surface area contributed by atoms with Crippen LogP contribution in [0.2, 0.25) is 0 Å². The molecule has 0 fully saturated rings. The highest BCUT2D eigenvalue weighted by Gasteiger charge is 2.17. The third kappa shape index (κ3) is 3.87. The second-order valence-electron chi connectivity index (χ2n) is 5.57. The van der Waals surface area contributed by atoms with Crippen molar-refractivity contribution in [2.24, 2.45) is 0 Å². The third-order valence-electron chi connectivity index (χ3n) is 3.88. The van der Waals surface area contributed by atoms with Crippen LogP contribution in [0.1, 0.15) is 33.1 Å². The fourth-order valence-electron chi connectivity index (χ4n) is 2.35. The molecule has 0 saturated heterocycles. The lowest BCUT2D eigenvalue weighted by Gasteiger charge is -2.05. The van der Waals surface area contributed by atoms with E-state index in [4.69, 9.17) is 0 Å². The van der Waals surface area contributed by atoms with Gasteiger partial charge in [-0.1, -0.05) is 23.4 Å². The first-order chi connectivity index (χ1) is 12.1. The van der Waals surface area contributed by atoms with Gasteiger partial charge in [0.1, 0.15) is 5.82 Å². The number of hydrogen-bond acceptors (Lipinski definition) is 6. The minimum absolute atomic E-state index is 0.259. The molecule has 0 aliphatic heterocycles. The Morgan fingerprint density at radius 2 is 2.08 bits per heavy atom. The van der Waals surface area contributed by atoms with Crippen LogP contribution < -0.4 is 5.32 Å². The molecule has 0 bridgehead atoms. The van der Waals surface area contributed by atoms with Gasteiger partial charge in [-0.25, -0.2) is 9.07 Å². The second kappa shape index (κ2) is 7.47. The minimum Gasteiger partial charge on any atom is -0.350 e. The highest BCUT2D eigenvalue weighted by atomic mass is 32.1. The molecule has 0 radical (unpaired) electrons. The molecule has 1 N–H and O–H groups in total. The Labute approximate surface area is 148 Å². The Hall–Kier alpha value is -2.68. The first-order valence-corrected chi connectivity index (χ1v) is 8.49. The van der Waals surface area contributed by atoms with Crippen LogP contribution in [0.15, 0.2) is 24.3 Å². The maximum absolute atomic E-state index is 13.6. The van der Waals surface area contributed by atoms with E-state index >= 15 is 0 Å². The fourth-order valence-corrected chi connectivity index (χ4v) is 2.91. The molecule has 0 aliphatic carbocycles. The second-order valence-corrected chi connectivity index (χ2v) is 6.10.